The van der Waals surface area contributed by atoms with E-state index in [9.17, 15) is 27.2 Å². The Kier molecular flexibility index (Phi) is 9.23. The molecular weight excluding hydrogens is 678 g/mol. The molecule has 270 valence electrons. The number of methoxy groups -OCH3 is 1. The molecular formula is C37H42FN5O7S. The van der Waals surface area contributed by atoms with Gasteiger partial charge in [-0.05, 0) is 82.6 Å². The highest BCUT2D eigenvalue weighted by molar-refractivity contribution is 7.91. The fraction of sp³-hybridized carbons (Fsp3) is 0.486. The summed E-state index contributed by atoms with van der Waals surface area (Å²) in [4.78, 5) is 52.8. The number of allylic oxidation sites excluding steroid dienone is 1. The quantitative estimate of drug-likeness (QED) is 0.342. The van der Waals surface area contributed by atoms with Crippen LogP contribution in [0.25, 0.3) is 22.3 Å². The molecule has 4 aliphatic rings. The van der Waals surface area contributed by atoms with E-state index in [1.807, 2.05) is 19.1 Å². The molecule has 51 heavy (non-hydrogen) atoms. The lowest BCUT2D eigenvalue weighted by Gasteiger charge is -2.26. The van der Waals surface area contributed by atoms with Crippen LogP contribution in [0.4, 0.5) is 4.39 Å². The zero-order valence-electron chi connectivity index (χ0n) is 28.9. The normalized spacial score (nSPS) is 26.9. The minimum Gasteiger partial charge on any atom is -0.496 e. The smallest absolute Gasteiger partial charge is 0.259 e. The molecule has 7 rings (SSSR count). The average Bonchev–Trinajstić information content (AvgIpc) is 4.03. The van der Waals surface area contributed by atoms with E-state index in [4.69, 9.17) is 19.4 Å². The summed E-state index contributed by atoms with van der Waals surface area (Å²) in [6, 6.07) is 9.49. The number of carbonyl (C=O) groups is 3. The molecule has 3 aliphatic carbocycles. The first-order valence-electron chi connectivity index (χ1n) is 17.5. The van der Waals surface area contributed by atoms with Crippen molar-refractivity contribution in [3.05, 3.63) is 59.9 Å². The SMILES string of the molecule is COc1ccc2c(OC3CC4C(=O)NC5(C(=O)NS(=O)(=O)C6CC6)CC5C=CCCCCN(C)C(=O)C4C3)nc(-c3cccc(F)c3)nc2c1C. The summed E-state index contributed by atoms with van der Waals surface area (Å²) >= 11 is 0. The molecule has 2 heterocycles. The molecule has 2 aromatic carbocycles. The first-order chi connectivity index (χ1) is 24.4. The number of rotatable bonds is 7. The second kappa shape index (κ2) is 13.5. The minimum absolute atomic E-state index is 0.143. The van der Waals surface area contributed by atoms with Gasteiger partial charge in [-0.3, -0.25) is 19.1 Å². The summed E-state index contributed by atoms with van der Waals surface area (Å²) in [5, 5.41) is 2.89. The van der Waals surface area contributed by atoms with Gasteiger partial charge in [0.2, 0.25) is 27.7 Å². The number of carbonyl (C=O) groups excluding carboxylic acids is 3. The van der Waals surface area contributed by atoms with Gasteiger partial charge in [-0.15, -0.1) is 0 Å². The molecule has 2 N–H and O–H groups in total. The highest BCUT2D eigenvalue weighted by Crippen LogP contribution is 2.47. The third-order valence-corrected chi connectivity index (χ3v) is 12.4. The monoisotopic (exact) mass is 719 g/mol. The number of nitrogens with zero attached hydrogens (tertiary/aromatic N) is 3. The van der Waals surface area contributed by atoms with Crippen molar-refractivity contribution in [2.24, 2.45) is 17.8 Å². The van der Waals surface area contributed by atoms with Gasteiger partial charge in [0.25, 0.3) is 5.91 Å². The predicted octanol–water partition coefficient (Wildman–Crippen LogP) is 4.21. The van der Waals surface area contributed by atoms with Crippen LogP contribution >= 0.6 is 0 Å². The van der Waals surface area contributed by atoms with Crippen LogP contribution in [0.5, 0.6) is 11.6 Å². The zero-order chi connectivity index (χ0) is 36.1. The number of halogens is 1. The lowest BCUT2D eigenvalue weighted by molar-refractivity contribution is -0.140. The number of aromatic nitrogens is 2. The number of amides is 3. The van der Waals surface area contributed by atoms with Gasteiger partial charge in [0, 0.05) is 30.6 Å². The van der Waals surface area contributed by atoms with E-state index >= 15 is 0 Å². The molecule has 5 unspecified atom stereocenters. The van der Waals surface area contributed by atoms with Crippen LogP contribution in [0.2, 0.25) is 0 Å². The Morgan fingerprint density at radius 1 is 1.10 bits per heavy atom. The highest BCUT2D eigenvalue weighted by atomic mass is 32.2. The topological polar surface area (TPSA) is 157 Å². The maximum Gasteiger partial charge on any atom is 0.259 e. The Balaban J connectivity index is 1.21. The summed E-state index contributed by atoms with van der Waals surface area (Å²) < 4.78 is 54.1. The number of ether oxygens (including phenoxy) is 2. The van der Waals surface area contributed by atoms with E-state index in [0.717, 1.165) is 24.8 Å². The Morgan fingerprint density at radius 3 is 2.63 bits per heavy atom. The number of aryl methyl sites for hydroxylation is 1. The number of sulfonamides is 1. The van der Waals surface area contributed by atoms with Gasteiger partial charge in [0.15, 0.2) is 5.82 Å². The number of fused-ring (bicyclic) bond motifs is 3. The van der Waals surface area contributed by atoms with Crippen LogP contribution < -0.4 is 19.5 Å². The Labute approximate surface area is 296 Å². The van der Waals surface area contributed by atoms with E-state index in [1.165, 1.54) is 12.1 Å². The molecule has 0 radical (unpaired) electrons. The molecule has 0 spiro atoms. The van der Waals surface area contributed by atoms with Gasteiger partial charge in [0.05, 0.1) is 35.1 Å². The van der Waals surface area contributed by atoms with Crippen LogP contribution in [0, 0.1) is 30.5 Å². The fourth-order valence-electron chi connectivity index (χ4n) is 7.40. The van der Waals surface area contributed by atoms with E-state index in [1.54, 1.807) is 43.3 Å². The number of benzene rings is 2. The molecule has 1 aromatic heterocycles. The summed E-state index contributed by atoms with van der Waals surface area (Å²) in [7, 11) is -0.569. The molecule has 3 amide bonds. The molecule has 1 aliphatic heterocycles. The number of hydrogen-bond acceptors (Lipinski definition) is 9. The molecule has 0 bridgehead atoms. The second-order valence-electron chi connectivity index (χ2n) is 14.2. The van der Waals surface area contributed by atoms with Crippen LogP contribution in [0.3, 0.4) is 0 Å². The largest absolute Gasteiger partial charge is 0.496 e. The third kappa shape index (κ3) is 6.89. The molecule has 3 aromatic rings. The van der Waals surface area contributed by atoms with Crippen molar-refractivity contribution in [3.63, 3.8) is 0 Å². The second-order valence-corrected chi connectivity index (χ2v) is 16.2. The van der Waals surface area contributed by atoms with Gasteiger partial charge in [0.1, 0.15) is 23.2 Å². The van der Waals surface area contributed by atoms with Gasteiger partial charge < -0.3 is 19.7 Å². The predicted molar refractivity (Wildman–Crippen MR) is 187 cm³/mol. The van der Waals surface area contributed by atoms with Crippen molar-refractivity contribution >= 4 is 38.6 Å². The van der Waals surface area contributed by atoms with Crippen LogP contribution in [0.1, 0.15) is 56.9 Å². The lowest BCUT2D eigenvalue weighted by atomic mass is 9.93. The molecule has 3 saturated carbocycles. The van der Waals surface area contributed by atoms with Crippen molar-refractivity contribution in [1.82, 2.24) is 24.9 Å². The summed E-state index contributed by atoms with van der Waals surface area (Å²) in [5.41, 5.74) is 0.291. The average molecular weight is 720 g/mol. The molecule has 12 nitrogen and oxygen atoms in total. The Morgan fingerprint density at radius 2 is 1.88 bits per heavy atom. The number of nitrogens with one attached hydrogen (secondary N) is 2. The van der Waals surface area contributed by atoms with Gasteiger partial charge >= 0.3 is 0 Å². The van der Waals surface area contributed by atoms with Crippen LogP contribution in [-0.2, 0) is 24.4 Å². The van der Waals surface area contributed by atoms with Crippen molar-refractivity contribution in [3.8, 4) is 23.0 Å². The van der Waals surface area contributed by atoms with Crippen molar-refractivity contribution in [1.29, 1.82) is 0 Å². The van der Waals surface area contributed by atoms with Gasteiger partial charge in [-0.25, -0.2) is 17.8 Å². The van der Waals surface area contributed by atoms with Crippen molar-refractivity contribution in [2.45, 2.75) is 75.2 Å². The highest BCUT2D eigenvalue weighted by Gasteiger charge is 2.62. The number of hydrogen-bond donors (Lipinski definition) is 2. The maximum absolute atomic E-state index is 14.3. The molecule has 5 atom stereocenters. The first kappa shape index (κ1) is 34.8. The van der Waals surface area contributed by atoms with Gasteiger partial charge in [-0.2, -0.15) is 4.98 Å². The van der Waals surface area contributed by atoms with Crippen LogP contribution in [-0.4, -0.2) is 78.6 Å². The zero-order valence-corrected chi connectivity index (χ0v) is 29.7. The fourth-order valence-corrected chi connectivity index (χ4v) is 8.77. The van der Waals surface area contributed by atoms with E-state index in [0.29, 0.717) is 41.6 Å². The first-order valence-corrected chi connectivity index (χ1v) is 19.0. The lowest BCUT2D eigenvalue weighted by Crippen LogP contribution is -2.54. The van der Waals surface area contributed by atoms with E-state index < -0.39 is 56.4 Å². The van der Waals surface area contributed by atoms with E-state index in [2.05, 4.69) is 10.0 Å². The summed E-state index contributed by atoms with van der Waals surface area (Å²) in [5.74, 6) is -2.85. The molecule has 0 saturated heterocycles. The minimum atomic E-state index is -3.85. The van der Waals surface area contributed by atoms with Gasteiger partial charge in [-0.1, -0.05) is 24.3 Å². The summed E-state index contributed by atoms with van der Waals surface area (Å²) in [6.07, 6.45) is 7.09. The van der Waals surface area contributed by atoms with Crippen molar-refractivity contribution < 1.29 is 36.7 Å². The Hall–Kier alpha value is -4.59. The summed E-state index contributed by atoms with van der Waals surface area (Å²) in [6.45, 7) is 2.37. The maximum atomic E-state index is 14.3. The molecule has 14 heteroatoms. The van der Waals surface area contributed by atoms with Crippen molar-refractivity contribution in [2.75, 3.05) is 20.7 Å². The Bertz CT molecular complexity index is 2040. The standard InChI is InChI=1S/C37H42FN5O7S/c1-21-30(49-3)15-14-27-31(21)39-32(22-9-8-11-24(38)17-22)40-34(27)50-25-18-28-29(19-25)35(45)43(2)16-7-5-4-6-10-23-20-37(23,41-33(28)44)36(46)42-51(47,48)26-12-13-26/h6,8-11,14-15,17,23,25-26,28-29H,4-5,7,12-13,16,18-20H2,1-3H3,(H,41,44)(H,42,46). The van der Waals surface area contributed by atoms with E-state index in [-0.39, 0.29) is 42.8 Å². The third-order valence-electron chi connectivity index (χ3n) is 10.6. The molecule has 3 fully saturated rings. The van der Waals surface area contributed by atoms with Crippen LogP contribution in [0.15, 0.2) is 48.6 Å².